The molecule has 3 rings (SSSR count). The molecule has 2 aromatic rings. The average molecular weight is 326 g/mol. The van der Waals surface area contributed by atoms with Crippen LogP contribution in [0.25, 0.3) is 0 Å². The Morgan fingerprint density at radius 1 is 1.12 bits per heavy atom. The predicted octanol–water partition coefficient (Wildman–Crippen LogP) is 3.25. The van der Waals surface area contributed by atoms with Gasteiger partial charge in [0.05, 0.1) is 7.11 Å². The van der Waals surface area contributed by atoms with E-state index >= 15 is 0 Å². The lowest BCUT2D eigenvalue weighted by atomic mass is 10.2. The molecule has 0 spiro atoms. The van der Waals surface area contributed by atoms with Gasteiger partial charge < -0.3 is 15.0 Å². The number of rotatable bonds is 4. The minimum absolute atomic E-state index is 0.0204. The molecule has 0 radical (unpaired) electrons. The number of hydrogen-bond donors (Lipinski definition) is 1. The third-order valence-corrected chi connectivity index (χ3v) is 4.12. The molecule has 2 heterocycles. The van der Waals surface area contributed by atoms with Crippen LogP contribution in [-0.2, 0) is 0 Å². The van der Waals surface area contributed by atoms with Crippen molar-refractivity contribution in [2.45, 2.75) is 25.7 Å². The van der Waals surface area contributed by atoms with Crippen LogP contribution in [0.5, 0.6) is 5.75 Å². The third-order valence-electron chi connectivity index (χ3n) is 4.12. The monoisotopic (exact) mass is 326 g/mol. The van der Waals surface area contributed by atoms with Crippen LogP contribution >= 0.6 is 0 Å². The van der Waals surface area contributed by atoms with E-state index < -0.39 is 0 Å². The van der Waals surface area contributed by atoms with Gasteiger partial charge in [-0.2, -0.15) is 0 Å². The lowest BCUT2D eigenvalue weighted by Crippen LogP contribution is -2.32. The highest BCUT2D eigenvalue weighted by Gasteiger charge is 2.19. The Labute approximate surface area is 141 Å². The topological polar surface area (TPSA) is 67.3 Å². The van der Waals surface area contributed by atoms with Crippen molar-refractivity contribution in [1.82, 2.24) is 14.9 Å². The number of hydrogen-bond acceptors (Lipinski definition) is 5. The molecule has 126 valence electrons. The number of amides is 1. The summed E-state index contributed by atoms with van der Waals surface area (Å²) in [6.45, 7) is 1.61. The first-order chi connectivity index (χ1) is 11.8. The highest BCUT2D eigenvalue weighted by atomic mass is 16.5. The number of carbonyl (C=O) groups excluding carboxylic acids is 1. The molecule has 1 N–H and O–H groups in total. The SMILES string of the molecule is COc1cccc(Nc2cc(C(=O)N3CCCCCC3)ncn2)c1. The maximum absolute atomic E-state index is 12.6. The van der Waals surface area contributed by atoms with Gasteiger partial charge in [0, 0.05) is 30.9 Å². The molecule has 0 unspecified atom stereocenters. The molecule has 1 aliphatic rings. The summed E-state index contributed by atoms with van der Waals surface area (Å²) in [6.07, 6.45) is 5.93. The molecule has 0 aliphatic carbocycles. The summed E-state index contributed by atoms with van der Waals surface area (Å²) >= 11 is 0. The van der Waals surface area contributed by atoms with Crippen LogP contribution in [0, 0.1) is 0 Å². The first-order valence-corrected chi connectivity index (χ1v) is 8.28. The largest absolute Gasteiger partial charge is 0.497 e. The fraction of sp³-hybridized carbons (Fsp3) is 0.389. The Morgan fingerprint density at radius 2 is 1.92 bits per heavy atom. The lowest BCUT2D eigenvalue weighted by molar-refractivity contribution is 0.0755. The van der Waals surface area contributed by atoms with E-state index in [0.717, 1.165) is 37.4 Å². The van der Waals surface area contributed by atoms with Gasteiger partial charge in [-0.3, -0.25) is 4.79 Å². The first kappa shape index (κ1) is 16.2. The maximum atomic E-state index is 12.6. The minimum atomic E-state index is -0.0204. The number of carbonyl (C=O) groups is 1. The van der Waals surface area contributed by atoms with Gasteiger partial charge in [0.2, 0.25) is 0 Å². The summed E-state index contributed by atoms with van der Waals surface area (Å²) in [5.41, 5.74) is 1.28. The van der Waals surface area contributed by atoms with Crippen molar-refractivity contribution in [2.75, 3.05) is 25.5 Å². The zero-order chi connectivity index (χ0) is 16.8. The predicted molar refractivity (Wildman–Crippen MR) is 92.7 cm³/mol. The van der Waals surface area contributed by atoms with Crippen LogP contribution in [0.1, 0.15) is 36.2 Å². The standard InChI is InChI=1S/C18H22N4O2/c1-24-15-8-6-7-14(11-15)21-17-12-16(19-13-20-17)18(23)22-9-4-2-3-5-10-22/h6-8,11-13H,2-5,9-10H2,1H3,(H,19,20,21). The van der Waals surface area contributed by atoms with Crippen molar-refractivity contribution in [3.05, 3.63) is 42.4 Å². The highest BCUT2D eigenvalue weighted by molar-refractivity contribution is 5.93. The van der Waals surface area contributed by atoms with Crippen molar-refractivity contribution in [2.24, 2.45) is 0 Å². The summed E-state index contributed by atoms with van der Waals surface area (Å²) < 4.78 is 5.21. The van der Waals surface area contributed by atoms with Crippen LogP contribution in [0.3, 0.4) is 0 Å². The molecule has 0 bridgehead atoms. The number of benzene rings is 1. The fourth-order valence-corrected chi connectivity index (χ4v) is 2.83. The van der Waals surface area contributed by atoms with Gasteiger partial charge in [-0.05, 0) is 25.0 Å². The fourth-order valence-electron chi connectivity index (χ4n) is 2.83. The highest BCUT2D eigenvalue weighted by Crippen LogP contribution is 2.21. The Bertz CT molecular complexity index is 697. The summed E-state index contributed by atoms with van der Waals surface area (Å²) in [7, 11) is 1.63. The van der Waals surface area contributed by atoms with E-state index in [1.165, 1.54) is 19.2 Å². The van der Waals surface area contributed by atoms with E-state index in [9.17, 15) is 4.79 Å². The van der Waals surface area contributed by atoms with Crippen LogP contribution < -0.4 is 10.1 Å². The van der Waals surface area contributed by atoms with E-state index in [0.29, 0.717) is 11.5 Å². The molecule has 1 fully saturated rings. The van der Waals surface area contributed by atoms with Gasteiger partial charge >= 0.3 is 0 Å². The van der Waals surface area contributed by atoms with Crippen molar-refractivity contribution in [1.29, 1.82) is 0 Å². The third kappa shape index (κ3) is 4.01. The Kier molecular flexibility index (Phi) is 5.25. The average Bonchev–Trinajstić information content (AvgIpc) is 2.91. The Balaban J connectivity index is 1.74. The van der Waals surface area contributed by atoms with Crippen molar-refractivity contribution >= 4 is 17.4 Å². The summed E-state index contributed by atoms with van der Waals surface area (Å²) in [4.78, 5) is 22.9. The number of ether oxygens (including phenoxy) is 1. The second kappa shape index (κ2) is 7.77. The molecule has 1 aromatic carbocycles. The number of likely N-dealkylation sites (tertiary alicyclic amines) is 1. The molecule has 1 aromatic heterocycles. The zero-order valence-electron chi connectivity index (χ0n) is 13.9. The zero-order valence-corrected chi connectivity index (χ0v) is 13.9. The van der Waals surface area contributed by atoms with E-state index in [4.69, 9.17) is 4.74 Å². The van der Waals surface area contributed by atoms with Crippen LogP contribution in [0.4, 0.5) is 11.5 Å². The number of nitrogens with zero attached hydrogens (tertiary/aromatic N) is 3. The first-order valence-electron chi connectivity index (χ1n) is 8.28. The summed E-state index contributed by atoms with van der Waals surface area (Å²) in [5, 5.41) is 3.19. The molecule has 1 aliphatic heterocycles. The van der Waals surface area contributed by atoms with Gasteiger partial charge in [-0.15, -0.1) is 0 Å². The minimum Gasteiger partial charge on any atom is -0.497 e. The quantitative estimate of drug-likeness (QED) is 0.934. The van der Waals surface area contributed by atoms with E-state index in [1.54, 1.807) is 13.2 Å². The van der Waals surface area contributed by atoms with Crippen molar-refractivity contribution in [3.8, 4) is 5.75 Å². The number of aromatic nitrogens is 2. The maximum Gasteiger partial charge on any atom is 0.272 e. The second-order valence-electron chi connectivity index (χ2n) is 5.85. The second-order valence-corrected chi connectivity index (χ2v) is 5.85. The summed E-state index contributed by atoms with van der Waals surface area (Å²) in [6, 6.07) is 9.26. The number of anilines is 2. The van der Waals surface area contributed by atoms with Gasteiger partial charge in [0.15, 0.2) is 0 Å². The molecule has 24 heavy (non-hydrogen) atoms. The summed E-state index contributed by atoms with van der Waals surface area (Å²) in [5.74, 6) is 1.33. The van der Waals surface area contributed by atoms with Crippen molar-refractivity contribution < 1.29 is 9.53 Å². The molecular weight excluding hydrogens is 304 g/mol. The molecular formula is C18H22N4O2. The normalized spacial score (nSPS) is 14.8. The molecule has 1 amide bonds. The molecule has 0 saturated carbocycles. The smallest absolute Gasteiger partial charge is 0.272 e. The van der Waals surface area contributed by atoms with Gasteiger partial charge in [-0.1, -0.05) is 18.9 Å². The van der Waals surface area contributed by atoms with E-state index in [1.807, 2.05) is 29.2 Å². The number of methoxy groups -OCH3 is 1. The lowest BCUT2D eigenvalue weighted by Gasteiger charge is -2.19. The van der Waals surface area contributed by atoms with Gasteiger partial charge in [0.25, 0.3) is 5.91 Å². The van der Waals surface area contributed by atoms with Crippen LogP contribution in [0.15, 0.2) is 36.7 Å². The van der Waals surface area contributed by atoms with Gasteiger partial charge in [-0.25, -0.2) is 9.97 Å². The van der Waals surface area contributed by atoms with Gasteiger partial charge in [0.1, 0.15) is 23.6 Å². The number of nitrogens with one attached hydrogen (secondary N) is 1. The molecule has 6 heteroatoms. The van der Waals surface area contributed by atoms with Crippen LogP contribution in [0.2, 0.25) is 0 Å². The Morgan fingerprint density at radius 3 is 2.67 bits per heavy atom. The van der Waals surface area contributed by atoms with Crippen molar-refractivity contribution in [3.63, 3.8) is 0 Å². The van der Waals surface area contributed by atoms with Crippen LogP contribution in [-0.4, -0.2) is 41.0 Å². The molecule has 0 atom stereocenters. The molecule has 6 nitrogen and oxygen atoms in total. The van der Waals surface area contributed by atoms with E-state index in [-0.39, 0.29) is 5.91 Å². The Hall–Kier alpha value is -2.63. The van der Waals surface area contributed by atoms with E-state index in [2.05, 4.69) is 15.3 Å². The molecule has 1 saturated heterocycles.